The molecule has 0 spiro atoms. The summed E-state index contributed by atoms with van der Waals surface area (Å²) in [5.74, 6) is 0.210. The first-order valence-corrected chi connectivity index (χ1v) is 9.46. The Hall–Kier alpha value is -3.38. The van der Waals surface area contributed by atoms with Gasteiger partial charge in [-0.3, -0.25) is 4.79 Å². The molecule has 0 saturated heterocycles. The van der Waals surface area contributed by atoms with Crippen LogP contribution in [0, 0.1) is 0 Å². The highest BCUT2D eigenvalue weighted by molar-refractivity contribution is 7.10. The molecule has 0 saturated carbocycles. The van der Waals surface area contributed by atoms with E-state index in [0.29, 0.717) is 22.3 Å². The van der Waals surface area contributed by atoms with E-state index in [4.69, 9.17) is 13.9 Å². The SMILES string of the molecule is COc1cc2oc(=O)cc(-c3ccccc3)c2cc1OC(=O)Cc1cccs1. The molecule has 0 N–H and O–H groups in total. The van der Waals surface area contributed by atoms with E-state index in [1.165, 1.54) is 24.5 Å². The lowest BCUT2D eigenvalue weighted by molar-refractivity contribution is -0.133. The van der Waals surface area contributed by atoms with E-state index >= 15 is 0 Å². The van der Waals surface area contributed by atoms with Crippen LogP contribution in [0.1, 0.15) is 4.88 Å². The molecule has 28 heavy (non-hydrogen) atoms. The van der Waals surface area contributed by atoms with Crippen LogP contribution in [0.15, 0.2) is 75.3 Å². The van der Waals surface area contributed by atoms with E-state index in [-0.39, 0.29) is 12.2 Å². The van der Waals surface area contributed by atoms with Gasteiger partial charge >= 0.3 is 11.6 Å². The van der Waals surface area contributed by atoms with Crippen LogP contribution in [-0.4, -0.2) is 13.1 Å². The Morgan fingerprint density at radius 2 is 1.86 bits per heavy atom. The lowest BCUT2D eigenvalue weighted by Gasteiger charge is -2.12. The molecular formula is C22H16O5S. The van der Waals surface area contributed by atoms with Crippen LogP contribution in [0.5, 0.6) is 11.5 Å². The summed E-state index contributed by atoms with van der Waals surface area (Å²) in [7, 11) is 1.47. The van der Waals surface area contributed by atoms with Crippen molar-refractivity contribution in [2.45, 2.75) is 6.42 Å². The molecule has 0 fully saturated rings. The number of benzene rings is 2. The Morgan fingerprint density at radius 1 is 1.04 bits per heavy atom. The Kier molecular flexibility index (Phi) is 4.95. The molecule has 2 aromatic carbocycles. The number of carbonyl (C=O) groups excluding carboxylic acids is 1. The minimum absolute atomic E-state index is 0.175. The predicted molar refractivity (Wildman–Crippen MR) is 108 cm³/mol. The Balaban J connectivity index is 1.79. The summed E-state index contributed by atoms with van der Waals surface area (Å²) in [6.45, 7) is 0. The minimum atomic E-state index is -0.462. The molecule has 0 aliphatic rings. The van der Waals surface area contributed by atoms with E-state index < -0.39 is 11.6 Å². The summed E-state index contributed by atoms with van der Waals surface area (Å²) >= 11 is 1.49. The van der Waals surface area contributed by atoms with Crippen LogP contribution in [0.2, 0.25) is 0 Å². The minimum Gasteiger partial charge on any atom is -0.493 e. The van der Waals surface area contributed by atoms with Gasteiger partial charge in [0, 0.05) is 22.4 Å². The van der Waals surface area contributed by atoms with Crippen molar-refractivity contribution in [3.8, 4) is 22.6 Å². The summed E-state index contributed by atoms with van der Waals surface area (Å²) < 4.78 is 16.2. The van der Waals surface area contributed by atoms with Crippen molar-refractivity contribution in [1.29, 1.82) is 0 Å². The van der Waals surface area contributed by atoms with Gasteiger partial charge in [0.15, 0.2) is 11.5 Å². The topological polar surface area (TPSA) is 65.7 Å². The van der Waals surface area contributed by atoms with Gasteiger partial charge < -0.3 is 13.9 Å². The normalized spacial score (nSPS) is 10.8. The van der Waals surface area contributed by atoms with E-state index in [1.54, 1.807) is 12.1 Å². The summed E-state index contributed by atoms with van der Waals surface area (Å²) in [6, 6.07) is 17.9. The average molecular weight is 392 g/mol. The van der Waals surface area contributed by atoms with Crippen molar-refractivity contribution in [3.05, 3.63) is 81.3 Å². The molecule has 5 nitrogen and oxygen atoms in total. The molecule has 0 unspecified atom stereocenters. The second-order valence-electron chi connectivity index (χ2n) is 6.07. The number of hydrogen-bond donors (Lipinski definition) is 0. The third kappa shape index (κ3) is 3.68. The second-order valence-corrected chi connectivity index (χ2v) is 7.11. The zero-order valence-corrected chi connectivity index (χ0v) is 15.8. The molecule has 140 valence electrons. The maximum Gasteiger partial charge on any atom is 0.336 e. The fraction of sp³-hybridized carbons (Fsp3) is 0.0909. The summed E-state index contributed by atoms with van der Waals surface area (Å²) in [5.41, 5.74) is 1.46. The maximum atomic E-state index is 12.3. The van der Waals surface area contributed by atoms with Crippen molar-refractivity contribution in [2.75, 3.05) is 7.11 Å². The number of methoxy groups -OCH3 is 1. The Labute approximate surface area is 164 Å². The Bertz CT molecular complexity index is 1180. The number of rotatable bonds is 5. The highest BCUT2D eigenvalue weighted by Crippen LogP contribution is 2.36. The van der Waals surface area contributed by atoms with Gasteiger partial charge in [-0.25, -0.2) is 4.79 Å². The van der Waals surface area contributed by atoms with Gasteiger partial charge in [0.05, 0.1) is 13.5 Å². The van der Waals surface area contributed by atoms with Crippen molar-refractivity contribution in [2.24, 2.45) is 0 Å². The number of carbonyl (C=O) groups is 1. The number of ether oxygens (including phenoxy) is 2. The molecular weight excluding hydrogens is 376 g/mol. The van der Waals surface area contributed by atoms with Crippen LogP contribution in [0.25, 0.3) is 22.1 Å². The molecule has 2 heterocycles. The fourth-order valence-electron chi connectivity index (χ4n) is 2.98. The first kappa shape index (κ1) is 18.0. The van der Waals surface area contributed by atoms with E-state index in [9.17, 15) is 9.59 Å². The fourth-order valence-corrected chi connectivity index (χ4v) is 3.67. The van der Waals surface area contributed by atoms with Gasteiger partial charge in [-0.1, -0.05) is 36.4 Å². The molecule has 2 aromatic heterocycles. The number of hydrogen-bond acceptors (Lipinski definition) is 6. The first-order chi connectivity index (χ1) is 13.6. The quantitative estimate of drug-likeness (QED) is 0.280. The van der Waals surface area contributed by atoms with E-state index in [2.05, 4.69) is 0 Å². The third-order valence-electron chi connectivity index (χ3n) is 4.24. The molecule has 4 rings (SSSR count). The van der Waals surface area contributed by atoms with Crippen LogP contribution in [0.3, 0.4) is 0 Å². The van der Waals surface area contributed by atoms with Gasteiger partial charge in [-0.05, 0) is 28.6 Å². The monoisotopic (exact) mass is 392 g/mol. The van der Waals surface area contributed by atoms with Gasteiger partial charge in [-0.15, -0.1) is 11.3 Å². The smallest absolute Gasteiger partial charge is 0.336 e. The van der Waals surface area contributed by atoms with E-state index in [1.807, 2.05) is 47.8 Å². The highest BCUT2D eigenvalue weighted by Gasteiger charge is 2.16. The number of thiophene rings is 1. The average Bonchev–Trinajstić information content (AvgIpc) is 3.20. The molecule has 4 aromatic rings. The van der Waals surface area contributed by atoms with Crippen molar-refractivity contribution < 1.29 is 18.7 Å². The summed E-state index contributed by atoms with van der Waals surface area (Å²) in [6.07, 6.45) is 0.175. The molecule has 0 amide bonds. The van der Waals surface area contributed by atoms with Crippen LogP contribution in [-0.2, 0) is 11.2 Å². The van der Waals surface area contributed by atoms with Crippen LogP contribution < -0.4 is 15.1 Å². The predicted octanol–water partition coefficient (Wildman–Crippen LogP) is 4.68. The van der Waals surface area contributed by atoms with Crippen molar-refractivity contribution in [3.63, 3.8) is 0 Å². The van der Waals surface area contributed by atoms with E-state index in [0.717, 1.165) is 10.4 Å². The van der Waals surface area contributed by atoms with Gasteiger partial charge in [0.25, 0.3) is 0 Å². The zero-order chi connectivity index (χ0) is 19.5. The first-order valence-electron chi connectivity index (χ1n) is 8.58. The number of fused-ring (bicyclic) bond motifs is 1. The second kappa shape index (κ2) is 7.70. The van der Waals surface area contributed by atoms with Gasteiger partial charge in [0.2, 0.25) is 0 Å². The third-order valence-corrected chi connectivity index (χ3v) is 5.11. The van der Waals surface area contributed by atoms with Crippen molar-refractivity contribution in [1.82, 2.24) is 0 Å². The standard InChI is InChI=1S/C22H16O5S/c1-25-19-13-18-17(11-20(19)27-21(23)10-15-8-5-9-28-15)16(12-22(24)26-18)14-6-3-2-4-7-14/h2-9,11-13H,10H2,1H3. The molecule has 0 aliphatic carbocycles. The van der Waals surface area contributed by atoms with Crippen molar-refractivity contribution >= 4 is 28.3 Å². The van der Waals surface area contributed by atoms with Gasteiger partial charge in [0.1, 0.15) is 5.58 Å². The van der Waals surface area contributed by atoms with Crippen LogP contribution >= 0.6 is 11.3 Å². The van der Waals surface area contributed by atoms with Gasteiger partial charge in [-0.2, -0.15) is 0 Å². The molecule has 0 aliphatic heterocycles. The lowest BCUT2D eigenvalue weighted by Crippen LogP contribution is -2.11. The molecule has 0 atom stereocenters. The number of esters is 1. The molecule has 0 radical (unpaired) electrons. The zero-order valence-electron chi connectivity index (χ0n) is 15.0. The highest BCUT2D eigenvalue weighted by atomic mass is 32.1. The van der Waals surface area contributed by atoms with Crippen LogP contribution in [0.4, 0.5) is 0 Å². The summed E-state index contributed by atoms with van der Waals surface area (Å²) in [5, 5.41) is 2.57. The Morgan fingerprint density at radius 3 is 2.57 bits per heavy atom. The largest absolute Gasteiger partial charge is 0.493 e. The lowest BCUT2D eigenvalue weighted by atomic mass is 10.0. The summed E-state index contributed by atoms with van der Waals surface area (Å²) in [4.78, 5) is 25.3. The molecule has 0 bridgehead atoms. The maximum absolute atomic E-state index is 12.3. The molecule has 6 heteroatoms.